The first-order valence-electron chi connectivity index (χ1n) is 5.56. The van der Waals surface area contributed by atoms with Crippen molar-refractivity contribution in [2.24, 2.45) is 5.41 Å². The van der Waals surface area contributed by atoms with Crippen LogP contribution in [0.5, 0.6) is 0 Å². The number of esters is 1. The van der Waals surface area contributed by atoms with Crippen LogP contribution in [0.4, 0.5) is 0 Å². The summed E-state index contributed by atoms with van der Waals surface area (Å²) in [5.74, 6) is 0.119. The number of hydrogen-bond donors (Lipinski definition) is 0. The van der Waals surface area contributed by atoms with Crippen LogP contribution in [0.15, 0.2) is 0 Å². The molecular formula is C12H22ClO2. The molecule has 0 spiro atoms. The first-order chi connectivity index (χ1) is 6.95. The molecule has 89 valence electrons. The van der Waals surface area contributed by atoms with E-state index in [0.717, 1.165) is 19.3 Å². The van der Waals surface area contributed by atoms with Crippen molar-refractivity contribution in [3.8, 4) is 0 Å². The van der Waals surface area contributed by atoms with Gasteiger partial charge in [0.25, 0.3) is 0 Å². The largest absolute Gasteiger partial charge is 0.462 e. The van der Waals surface area contributed by atoms with Crippen molar-refractivity contribution >= 4 is 17.6 Å². The Morgan fingerprint density at radius 1 is 1.53 bits per heavy atom. The molecule has 0 heterocycles. The quantitative estimate of drug-likeness (QED) is 0.496. The standard InChI is InChI=1S/C12H22ClO2/c1-5-10(9-12(3,4)6-2)15-11(14)7-8-13/h10H,3,5-9H2,1-2,4H3. The van der Waals surface area contributed by atoms with E-state index >= 15 is 0 Å². The molecule has 0 saturated carbocycles. The molecule has 1 radical (unpaired) electrons. The lowest BCUT2D eigenvalue weighted by atomic mass is 9.83. The van der Waals surface area contributed by atoms with Crippen molar-refractivity contribution in [1.82, 2.24) is 0 Å². The van der Waals surface area contributed by atoms with Crippen LogP contribution < -0.4 is 0 Å². The smallest absolute Gasteiger partial charge is 0.307 e. The summed E-state index contributed by atoms with van der Waals surface area (Å²) >= 11 is 5.47. The van der Waals surface area contributed by atoms with E-state index in [4.69, 9.17) is 16.3 Å². The van der Waals surface area contributed by atoms with E-state index in [0.29, 0.717) is 5.88 Å². The molecule has 0 aromatic carbocycles. The number of alkyl halides is 1. The summed E-state index contributed by atoms with van der Waals surface area (Å²) in [6.07, 6.45) is 2.89. The zero-order valence-corrected chi connectivity index (χ0v) is 10.8. The Kier molecular flexibility index (Phi) is 6.99. The lowest BCUT2D eigenvalue weighted by Gasteiger charge is -2.27. The normalized spacial score (nSPS) is 13.7. The summed E-state index contributed by atoms with van der Waals surface area (Å²) in [7, 11) is 0. The Morgan fingerprint density at radius 3 is 2.53 bits per heavy atom. The van der Waals surface area contributed by atoms with E-state index in [-0.39, 0.29) is 23.9 Å². The van der Waals surface area contributed by atoms with Crippen LogP contribution in [-0.2, 0) is 9.53 Å². The number of ether oxygens (including phenoxy) is 1. The number of carbonyl (C=O) groups excluding carboxylic acids is 1. The maximum atomic E-state index is 11.3. The Balaban J connectivity index is 4.08. The molecule has 2 unspecified atom stereocenters. The highest BCUT2D eigenvalue weighted by molar-refractivity contribution is 6.18. The minimum Gasteiger partial charge on any atom is -0.462 e. The van der Waals surface area contributed by atoms with Gasteiger partial charge in [0.2, 0.25) is 0 Å². The average molecular weight is 234 g/mol. The van der Waals surface area contributed by atoms with Gasteiger partial charge in [0.1, 0.15) is 6.10 Å². The number of hydrogen-bond acceptors (Lipinski definition) is 2. The fourth-order valence-electron chi connectivity index (χ4n) is 1.29. The van der Waals surface area contributed by atoms with Gasteiger partial charge in [-0.25, -0.2) is 0 Å². The van der Waals surface area contributed by atoms with E-state index in [1.807, 2.05) is 6.92 Å². The van der Waals surface area contributed by atoms with Crippen molar-refractivity contribution in [2.75, 3.05) is 5.88 Å². The van der Waals surface area contributed by atoms with Gasteiger partial charge in [0, 0.05) is 5.88 Å². The Hall–Kier alpha value is -0.240. The van der Waals surface area contributed by atoms with Crippen LogP contribution in [0.1, 0.15) is 46.5 Å². The van der Waals surface area contributed by atoms with Gasteiger partial charge in [-0.3, -0.25) is 4.79 Å². The second-order valence-electron chi connectivity index (χ2n) is 4.33. The zero-order chi connectivity index (χ0) is 11.9. The first kappa shape index (κ1) is 14.8. The van der Waals surface area contributed by atoms with Crippen LogP contribution in [-0.4, -0.2) is 18.0 Å². The molecule has 2 nitrogen and oxygen atoms in total. The van der Waals surface area contributed by atoms with Crippen molar-refractivity contribution in [1.29, 1.82) is 0 Å². The van der Waals surface area contributed by atoms with Crippen molar-refractivity contribution < 1.29 is 9.53 Å². The number of rotatable bonds is 7. The fourth-order valence-corrected chi connectivity index (χ4v) is 1.44. The van der Waals surface area contributed by atoms with Crippen molar-refractivity contribution in [2.45, 2.75) is 52.6 Å². The second-order valence-corrected chi connectivity index (χ2v) is 4.71. The van der Waals surface area contributed by atoms with Gasteiger partial charge in [-0.1, -0.05) is 27.2 Å². The van der Waals surface area contributed by atoms with Crippen LogP contribution >= 0.6 is 11.6 Å². The van der Waals surface area contributed by atoms with Crippen LogP contribution in [0, 0.1) is 12.3 Å². The maximum Gasteiger partial charge on any atom is 0.307 e. The Labute approximate surface area is 98.3 Å². The highest BCUT2D eigenvalue weighted by Crippen LogP contribution is 2.28. The summed E-state index contributed by atoms with van der Waals surface area (Å²) in [5.41, 5.74) is -0.0120. The highest BCUT2D eigenvalue weighted by Gasteiger charge is 2.23. The van der Waals surface area contributed by atoms with E-state index < -0.39 is 0 Å². The summed E-state index contributed by atoms with van der Waals surface area (Å²) in [5, 5.41) is 0. The number of halogens is 1. The molecule has 15 heavy (non-hydrogen) atoms. The summed E-state index contributed by atoms with van der Waals surface area (Å²) in [6.45, 7) is 10.3. The summed E-state index contributed by atoms with van der Waals surface area (Å²) in [6, 6.07) is 0. The van der Waals surface area contributed by atoms with Gasteiger partial charge in [0.05, 0.1) is 6.42 Å². The summed E-state index contributed by atoms with van der Waals surface area (Å²) in [4.78, 5) is 11.3. The van der Waals surface area contributed by atoms with Crippen molar-refractivity contribution in [3.63, 3.8) is 0 Å². The first-order valence-corrected chi connectivity index (χ1v) is 6.09. The van der Waals surface area contributed by atoms with Crippen molar-refractivity contribution in [3.05, 3.63) is 6.92 Å². The summed E-state index contributed by atoms with van der Waals surface area (Å²) < 4.78 is 5.31. The molecule has 0 aliphatic heterocycles. The predicted molar refractivity (Wildman–Crippen MR) is 63.9 cm³/mol. The average Bonchev–Trinajstić information content (AvgIpc) is 2.17. The minimum absolute atomic E-state index is 0.0120. The van der Waals surface area contributed by atoms with E-state index in [1.165, 1.54) is 0 Å². The molecule has 0 aromatic rings. The molecule has 0 saturated heterocycles. The third kappa shape index (κ3) is 6.77. The SMILES string of the molecule is [CH2]C(C)(CC)CC(CC)OC(=O)CCCl. The fraction of sp³-hybridized carbons (Fsp3) is 0.833. The Morgan fingerprint density at radius 2 is 2.13 bits per heavy atom. The van der Waals surface area contributed by atoms with Crippen LogP contribution in [0.25, 0.3) is 0 Å². The zero-order valence-electron chi connectivity index (χ0n) is 10.0. The molecule has 2 atom stereocenters. The van der Waals surface area contributed by atoms with Crippen LogP contribution in [0.2, 0.25) is 0 Å². The van der Waals surface area contributed by atoms with Gasteiger partial charge in [-0.05, 0) is 25.2 Å². The molecule has 0 aliphatic rings. The van der Waals surface area contributed by atoms with E-state index in [1.54, 1.807) is 0 Å². The maximum absolute atomic E-state index is 11.3. The molecule has 0 bridgehead atoms. The molecule has 0 aliphatic carbocycles. The molecule has 0 fully saturated rings. The molecule has 0 rings (SSSR count). The molecule has 3 heteroatoms. The third-order valence-corrected chi connectivity index (χ3v) is 2.82. The van der Waals surface area contributed by atoms with E-state index in [2.05, 4.69) is 20.8 Å². The second kappa shape index (κ2) is 7.10. The third-order valence-electron chi connectivity index (χ3n) is 2.63. The van der Waals surface area contributed by atoms with Gasteiger partial charge in [0.15, 0.2) is 0 Å². The van der Waals surface area contributed by atoms with Gasteiger partial charge in [-0.15, -0.1) is 11.6 Å². The highest BCUT2D eigenvalue weighted by atomic mass is 35.5. The predicted octanol–water partition coefficient (Wildman–Crippen LogP) is 3.58. The minimum atomic E-state index is -0.205. The number of carbonyl (C=O) groups is 1. The van der Waals surface area contributed by atoms with E-state index in [9.17, 15) is 4.79 Å². The van der Waals surface area contributed by atoms with Gasteiger partial charge < -0.3 is 4.74 Å². The molecule has 0 amide bonds. The van der Waals surface area contributed by atoms with Crippen LogP contribution in [0.3, 0.4) is 0 Å². The van der Waals surface area contributed by atoms with Gasteiger partial charge in [-0.2, -0.15) is 0 Å². The Bertz CT molecular complexity index is 190. The lowest BCUT2D eigenvalue weighted by Crippen LogP contribution is -2.25. The topological polar surface area (TPSA) is 26.3 Å². The molecule has 0 aromatic heterocycles. The molecule has 0 N–H and O–H groups in total. The van der Waals surface area contributed by atoms with Gasteiger partial charge >= 0.3 is 5.97 Å². The monoisotopic (exact) mass is 233 g/mol. The lowest BCUT2D eigenvalue weighted by molar-refractivity contribution is -0.150. The molecular weight excluding hydrogens is 212 g/mol.